The van der Waals surface area contributed by atoms with Crippen LogP contribution in [0.4, 0.5) is 5.00 Å². The minimum absolute atomic E-state index is 0.0397. The van der Waals surface area contributed by atoms with Gasteiger partial charge in [0.2, 0.25) is 21.8 Å². The van der Waals surface area contributed by atoms with Gasteiger partial charge in [-0.2, -0.15) is 9.57 Å². The maximum Gasteiger partial charge on any atom is 0.243 e. The van der Waals surface area contributed by atoms with E-state index in [0.717, 1.165) is 10.4 Å². The van der Waals surface area contributed by atoms with E-state index >= 15 is 0 Å². The Morgan fingerprint density at radius 2 is 1.97 bits per heavy atom. The average molecular weight is 493 g/mol. The average Bonchev–Trinajstić information content (AvgIpc) is 3.38. The Bertz CT molecular complexity index is 1220. The highest BCUT2D eigenvalue weighted by molar-refractivity contribution is 7.89. The van der Waals surface area contributed by atoms with Crippen LogP contribution < -0.4 is 5.32 Å². The summed E-state index contributed by atoms with van der Waals surface area (Å²) in [4.78, 5) is 27.5. The van der Waals surface area contributed by atoms with Crippen LogP contribution in [0.2, 0.25) is 5.02 Å². The Kier molecular flexibility index (Phi) is 6.27. The molecule has 8 nitrogen and oxygen atoms in total. The minimum Gasteiger partial charge on any atom is -0.337 e. The van der Waals surface area contributed by atoms with E-state index in [1.165, 1.54) is 46.8 Å². The molecular formula is C21H21ClN4O4S2. The van der Waals surface area contributed by atoms with Gasteiger partial charge in [0.05, 0.1) is 17.0 Å². The molecule has 2 amide bonds. The zero-order valence-corrected chi connectivity index (χ0v) is 19.7. The van der Waals surface area contributed by atoms with Crippen molar-refractivity contribution in [2.45, 2.75) is 43.7 Å². The third kappa shape index (κ3) is 4.13. The number of nitriles is 1. The Balaban J connectivity index is 1.57. The van der Waals surface area contributed by atoms with E-state index in [9.17, 15) is 23.3 Å². The van der Waals surface area contributed by atoms with Crippen molar-refractivity contribution < 1.29 is 18.0 Å². The van der Waals surface area contributed by atoms with Gasteiger partial charge in [0.1, 0.15) is 17.1 Å². The lowest BCUT2D eigenvalue weighted by atomic mass is 10.0. The summed E-state index contributed by atoms with van der Waals surface area (Å²) < 4.78 is 27.4. The van der Waals surface area contributed by atoms with Crippen LogP contribution in [0.25, 0.3) is 0 Å². The van der Waals surface area contributed by atoms with Crippen molar-refractivity contribution in [3.05, 3.63) is 45.3 Å². The zero-order valence-electron chi connectivity index (χ0n) is 17.3. The first kappa shape index (κ1) is 22.7. The fraction of sp³-hybridized carbons (Fsp3) is 0.381. The molecule has 1 aromatic carbocycles. The molecule has 11 heteroatoms. The number of amides is 2. The Labute approximate surface area is 195 Å². The Morgan fingerprint density at radius 3 is 2.62 bits per heavy atom. The normalized spacial score (nSPS) is 18.8. The number of carbonyl (C=O) groups is 2. The maximum atomic E-state index is 13.1. The van der Waals surface area contributed by atoms with Gasteiger partial charge in [-0.1, -0.05) is 11.6 Å². The number of fused-ring (bicyclic) bond motifs is 1. The first-order valence-electron chi connectivity index (χ1n) is 10.1. The van der Waals surface area contributed by atoms with Crippen LogP contribution in [-0.4, -0.2) is 48.6 Å². The number of hydrogen-bond donors (Lipinski definition) is 1. The van der Waals surface area contributed by atoms with Crippen molar-refractivity contribution in [2.24, 2.45) is 0 Å². The third-order valence-electron chi connectivity index (χ3n) is 5.78. The molecule has 1 unspecified atom stereocenters. The summed E-state index contributed by atoms with van der Waals surface area (Å²) >= 11 is 7.14. The topological polar surface area (TPSA) is 111 Å². The summed E-state index contributed by atoms with van der Waals surface area (Å²) in [6.45, 7) is 2.67. The zero-order chi connectivity index (χ0) is 23.0. The number of rotatable bonds is 4. The molecule has 0 bridgehead atoms. The lowest BCUT2D eigenvalue weighted by molar-refractivity contribution is -0.129. The fourth-order valence-corrected chi connectivity index (χ4v) is 7.10. The molecule has 32 heavy (non-hydrogen) atoms. The molecule has 2 aliphatic rings. The molecule has 4 rings (SSSR count). The molecule has 1 fully saturated rings. The standard InChI is InChI=1S/C21H21ClN4O4S2/c1-13(27)25-10-8-16-17(11-23)21(31-19(16)12-25)24-20(28)18-3-2-9-26(18)32(29,30)15-6-4-14(22)5-7-15/h4-7,18H,2-3,8-10,12H2,1H3,(H,24,28). The van der Waals surface area contributed by atoms with Gasteiger partial charge in [0.25, 0.3) is 0 Å². The third-order valence-corrected chi connectivity index (χ3v) is 9.08. The number of benzene rings is 1. The van der Waals surface area contributed by atoms with Crippen LogP contribution in [0.15, 0.2) is 29.2 Å². The van der Waals surface area contributed by atoms with Gasteiger partial charge in [0, 0.05) is 29.9 Å². The van der Waals surface area contributed by atoms with Crippen LogP contribution in [0, 0.1) is 11.3 Å². The van der Waals surface area contributed by atoms with Crippen molar-refractivity contribution in [1.82, 2.24) is 9.21 Å². The lowest BCUT2D eigenvalue weighted by Gasteiger charge is -2.25. The van der Waals surface area contributed by atoms with Gasteiger partial charge >= 0.3 is 0 Å². The summed E-state index contributed by atoms with van der Waals surface area (Å²) in [6.07, 6.45) is 1.50. The molecule has 1 aromatic heterocycles. The summed E-state index contributed by atoms with van der Waals surface area (Å²) in [7, 11) is -3.87. The molecule has 0 saturated carbocycles. The van der Waals surface area contributed by atoms with Gasteiger partial charge in [0.15, 0.2) is 0 Å². The molecule has 2 aliphatic heterocycles. The number of halogens is 1. The van der Waals surface area contributed by atoms with E-state index in [0.29, 0.717) is 47.9 Å². The summed E-state index contributed by atoms with van der Waals surface area (Å²) in [6, 6.07) is 7.14. The first-order valence-corrected chi connectivity index (χ1v) is 12.7. The molecule has 1 saturated heterocycles. The minimum atomic E-state index is -3.87. The van der Waals surface area contributed by atoms with Crippen molar-refractivity contribution in [3.8, 4) is 6.07 Å². The highest BCUT2D eigenvalue weighted by Crippen LogP contribution is 2.37. The number of thiophene rings is 1. The van der Waals surface area contributed by atoms with Gasteiger partial charge in [-0.05, 0) is 49.1 Å². The number of nitrogens with one attached hydrogen (secondary N) is 1. The first-order chi connectivity index (χ1) is 15.2. The quantitative estimate of drug-likeness (QED) is 0.705. The van der Waals surface area contributed by atoms with Crippen LogP contribution in [0.5, 0.6) is 0 Å². The summed E-state index contributed by atoms with van der Waals surface area (Å²) in [5, 5.41) is 13.3. The second-order valence-corrected chi connectivity index (χ2v) is 11.2. The summed E-state index contributed by atoms with van der Waals surface area (Å²) in [5.41, 5.74) is 1.24. The van der Waals surface area contributed by atoms with Crippen LogP contribution in [0.3, 0.4) is 0 Å². The molecule has 0 aliphatic carbocycles. The molecular weight excluding hydrogens is 472 g/mol. The molecule has 2 aromatic rings. The van der Waals surface area contributed by atoms with Crippen molar-refractivity contribution in [3.63, 3.8) is 0 Å². The van der Waals surface area contributed by atoms with Gasteiger partial charge in [-0.25, -0.2) is 8.42 Å². The smallest absolute Gasteiger partial charge is 0.243 e. The highest BCUT2D eigenvalue weighted by atomic mass is 35.5. The molecule has 3 heterocycles. The van der Waals surface area contributed by atoms with E-state index in [2.05, 4.69) is 11.4 Å². The van der Waals surface area contributed by atoms with E-state index in [4.69, 9.17) is 11.6 Å². The lowest BCUT2D eigenvalue weighted by Crippen LogP contribution is -2.43. The van der Waals surface area contributed by atoms with Crippen LogP contribution >= 0.6 is 22.9 Å². The van der Waals surface area contributed by atoms with Gasteiger partial charge < -0.3 is 10.2 Å². The predicted molar refractivity (Wildman–Crippen MR) is 121 cm³/mol. The van der Waals surface area contributed by atoms with Gasteiger partial charge in [-0.15, -0.1) is 11.3 Å². The maximum absolute atomic E-state index is 13.1. The number of carbonyl (C=O) groups excluding carboxylic acids is 2. The van der Waals surface area contributed by atoms with E-state index in [-0.39, 0.29) is 17.3 Å². The second-order valence-electron chi connectivity index (χ2n) is 7.73. The predicted octanol–water partition coefficient (Wildman–Crippen LogP) is 2.97. The number of nitrogens with zero attached hydrogens (tertiary/aromatic N) is 3. The number of anilines is 1. The van der Waals surface area contributed by atoms with E-state index in [1.807, 2.05) is 0 Å². The molecule has 1 N–H and O–H groups in total. The van der Waals surface area contributed by atoms with E-state index < -0.39 is 22.0 Å². The number of sulfonamides is 1. The van der Waals surface area contributed by atoms with Crippen LogP contribution in [0.1, 0.15) is 35.8 Å². The fourth-order valence-electron chi connectivity index (χ4n) is 4.11. The van der Waals surface area contributed by atoms with Crippen molar-refractivity contribution in [1.29, 1.82) is 5.26 Å². The molecule has 0 radical (unpaired) electrons. The SMILES string of the molecule is CC(=O)N1CCc2c(sc(NC(=O)C3CCCN3S(=O)(=O)c3ccc(Cl)cc3)c2C#N)C1. The number of hydrogen-bond acceptors (Lipinski definition) is 6. The molecule has 168 valence electrons. The largest absolute Gasteiger partial charge is 0.337 e. The van der Waals surface area contributed by atoms with Crippen LogP contribution in [-0.2, 0) is 32.6 Å². The molecule has 0 spiro atoms. The van der Waals surface area contributed by atoms with Crippen molar-refractivity contribution in [2.75, 3.05) is 18.4 Å². The second kappa shape index (κ2) is 8.83. The Hall–Kier alpha value is -2.45. The highest BCUT2D eigenvalue weighted by Gasteiger charge is 2.40. The van der Waals surface area contributed by atoms with Gasteiger partial charge in [-0.3, -0.25) is 9.59 Å². The van der Waals surface area contributed by atoms with Crippen molar-refractivity contribution >= 4 is 49.8 Å². The van der Waals surface area contributed by atoms with E-state index in [1.54, 1.807) is 4.90 Å². The summed E-state index contributed by atoms with van der Waals surface area (Å²) in [5.74, 6) is -0.499. The molecule has 1 atom stereocenters. The monoisotopic (exact) mass is 492 g/mol. The Morgan fingerprint density at radius 1 is 1.25 bits per heavy atom.